The Morgan fingerprint density at radius 2 is 1.73 bits per heavy atom. The molecule has 1 aliphatic rings. The summed E-state index contributed by atoms with van der Waals surface area (Å²) >= 11 is 0. The van der Waals surface area contributed by atoms with E-state index < -0.39 is 41.9 Å². The molecular formula is C36H52F3NO8. The monoisotopic (exact) mass is 683 g/mol. The smallest absolute Gasteiger partial charge is 0.416 e. The number of carbonyl (C=O) groups excluding carboxylic acids is 3. The molecule has 0 unspecified atom stereocenters. The van der Waals surface area contributed by atoms with Gasteiger partial charge in [0.2, 0.25) is 5.91 Å². The van der Waals surface area contributed by atoms with Crippen LogP contribution in [0.2, 0.25) is 0 Å². The van der Waals surface area contributed by atoms with Crippen molar-refractivity contribution in [2.75, 3.05) is 13.2 Å². The van der Waals surface area contributed by atoms with Crippen molar-refractivity contribution in [2.24, 2.45) is 11.8 Å². The zero-order valence-electron chi connectivity index (χ0n) is 28.3. The van der Waals surface area contributed by atoms with Gasteiger partial charge in [0.25, 0.3) is 0 Å². The normalized spacial score (nSPS) is 20.4. The van der Waals surface area contributed by atoms with Gasteiger partial charge >= 0.3 is 18.1 Å². The molecule has 0 bridgehead atoms. The first kappa shape index (κ1) is 40.8. The second kappa shape index (κ2) is 21.6. The van der Waals surface area contributed by atoms with Crippen molar-refractivity contribution in [3.05, 3.63) is 54.1 Å². The van der Waals surface area contributed by atoms with Crippen molar-refractivity contribution in [2.45, 2.75) is 122 Å². The number of carbonyl (C=O) groups is 3. The van der Waals surface area contributed by atoms with E-state index in [0.29, 0.717) is 32.1 Å². The van der Waals surface area contributed by atoms with Crippen molar-refractivity contribution >= 4 is 17.8 Å². The van der Waals surface area contributed by atoms with Crippen molar-refractivity contribution in [3.8, 4) is 5.75 Å². The quantitative estimate of drug-likeness (QED) is 0.0765. The molecule has 48 heavy (non-hydrogen) atoms. The summed E-state index contributed by atoms with van der Waals surface area (Å²) in [7, 11) is 0. The summed E-state index contributed by atoms with van der Waals surface area (Å²) in [6.45, 7) is 5.42. The molecular weight excluding hydrogens is 631 g/mol. The lowest BCUT2D eigenvalue weighted by atomic mass is 9.89. The van der Waals surface area contributed by atoms with Crippen LogP contribution in [0.4, 0.5) is 13.2 Å². The Balaban J connectivity index is 2.04. The fourth-order valence-corrected chi connectivity index (χ4v) is 5.42. The lowest BCUT2D eigenvalue weighted by Gasteiger charge is -2.21. The molecule has 0 saturated heterocycles. The summed E-state index contributed by atoms with van der Waals surface area (Å²) in [6.07, 6.45) is 5.78. The molecule has 12 heteroatoms. The summed E-state index contributed by atoms with van der Waals surface area (Å²) in [5, 5.41) is 24.0. The average Bonchev–Trinajstić information content (AvgIpc) is 3.28. The fraction of sp³-hybridized carbons (Fsp3) is 0.639. The van der Waals surface area contributed by atoms with Crippen LogP contribution in [0.5, 0.6) is 5.75 Å². The number of unbranched alkanes of at least 4 members (excludes halogenated alkanes) is 4. The van der Waals surface area contributed by atoms with E-state index in [9.17, 15) is 37.8 Å². The molecule has 0 spiro atoms. The number of amides is 1. The van der Waals surface area contributed by atoms with E-state index in [1.807, 2.05) is 12.2 Å². The predicted octanol–water partition coefficient (Wildman–Crippen LogP) is 6.46. The van der Waals surface area contributed by atoms with E-state index >= 15 is 0 Å². The maximum absolute atomic E-state index is 13.2. The maximum atomic E-state index is 13.2. The van der Waals surface area contributed by atoms with Crippen molar-refractivity contribution in [1.82, 2.24) is 5.32 Å². The van der Waals surface area contributed by atoms with Crippen molar-refractivity contribution in [3.63, 3.8) is 0 Å². The number of ether oxygens (including phenoxy) is 3. The fourth-order valence-electron chi connectivity index (χ4n) is 5.42. The lowest BCUT2D eigenvalue weighted by molar-refractivity contribution is -0.148. The molecule has 0 aliphatic heterocycles. The molecule has 5 atom stereocenters. The summed E-state index contributed by atoms with van der Waals surface area (Å²) in [6, 6.07) is 4.35. The molecule has 0 heterocycles. The van der Waals surface area contributed by atoms with Crippen LogP contribution < -0.4 is 10.1 Å². The Kier molecular flexibility index (Phi) is 18.3. The SMILES string of the molecule is CCCCCCC(=O)NCCC(=O)O[C@H](/C=C/[C@@H]1[C@@H](C/C=C\CCCC(=O)OC(C)C)[C@@H](O)C[C@H]1O)COc1cccc(C(F)(F)F)c1. The van der Waals surface area contributed by atoms with E-state index in [2.05, 4.69) is 12.2 Å². The maximum Gasteiger partial charge on any atom is 0.416 e. The third-order valence-electron chi connectivity index (χ3n) is 7.92. The topological polar surface area (TPSA) is 131 Å². The van der Waals surface area contributed by atoms with Gasteiger partial charge in [0.1, 0.15) is 12.4 Å². The third-order valence-corrected chi connectivity index (χ3v) is 7.92. The number of halogens is 3. The van der Waals surface area contributed by atoms with Crippen LogP contribution in [0.3, 0.4) is 0 Å². The molecule has 3 N–H and O–H groups in total. The second-order valence-corrected chi connectivity index (χ2v) is 12.4. The van der Waals surface area contributed by atoms with Crippen molar-refractivity contribution < 1.29 is 52.0 Å². The summed E-state index contributed by atoms with van der Waals surface area (Å²) in [4.78, 5) is 36.5. The Morgan fingerprint density at radius 1 is 0.979 bits per heavy atom. The number of rotatable bonds is 21. The van der Waals surface area contributed by atoms with E-state index in [1.54, 1.807) is 19.9 Å². The number of nitrogens with one attached hydrogen (secondary N) is 1. The minimum atomic E-state index is -4.56. The first-order valence-electron chi connectivity index (χ1n) is 16.9. The van der Waals surface area contributed by atoms with Gasteiger partial charge in [-0.3, -0.25) is 14.4 Å². The highest BCUT2D eigenvalue weighted by Gasteiger charge is 2.39. The number of allylic oxidation sites excluding steroid dienone is 2. The minimum Gasteiger partial charge on any atom is -0.489 e. The third kappa shape index (κ3) is 16.1. The molecule has 2 rings (SSSR count). The first-order chi connectivity index (χ1) is 22.8. The number of hydrogen-bond donors (Lipinski definition) is 3. The van der Waals surface area contributed by atoms with E-state index in [1.165, 1.54) is 18.2 Å². The molecule has 270 valence electrons. The van der Waals surface area contributed by atoms with Crippen LogP contribution in [-0.4, -0.2) is 65.6 Å². The highest BCUT2D eigenvalue weighted by Crippen LogP contribution is 2.36. The molecule has 1 aromatic rings. The molecule has 0 aromatic heterocycles. The Hall–Kier alpha value is -3.38. The van der Waals surface area contributed by atoms with Crippen LogP contribution in [0.1, 0.15) is 97.0 Å². The van der Waals surface area contributed by atoms with Gasteiger partial charge in [-0.1, -0.05) is 50.5 Å². The summed E-state index contributed by atoms with van der Waals surface area (Å²) in [5.74, 6) is -1.96. The van der Waals surface area contributed by atoms with Crippen LogP contribution in [0, 0.1) is 11.8 Å². The largest absolute Gasteiger partial charge is 0.489 e. The molecule has 0 radical (unpaired) electrons. The Morgan fingerprint density at radius 3 is 2.44 bits per heavy atom. The highest BCUT2D eigenvalue weighted by molar-refractivity contribution is 5.77. The molecule has 1 fully saturated rings. The van der Waals surface area contributed by atoms with Gasteiger partial charge in [-0.25, -0.2) is 0 Å². The molecule has 9 nitrogen and oxygen atoms in total. The van der Waals surface area contributed by atoms with Gasteiger partial charge in [-0.2, -0.15) is 13.2 Å². The van der Waals surface area contributed by atoms with Gasteiger partial charge in [-0.15, -0.1) is 0 Å². The van der Waals surface area contributed by atoms with Gasteiger partial charge in [0, 0.05) is 31.7 Å². The molecule has 1 aromatic carbocycles. The average molecular weight is 684 g/mol. The summed E-state index contributed by atoms with van der Waals surface area (Å²) in [5.41, 5.74) is -0.885. The number of aliphatic hydroxyl groups excluding tert-OH is 2. The van der Waals surface area contributed by atoms with Gasteiger partial charge in [0.05, 0.1) is 30.3 Å². The number of aliphatic hydroxyl groups is 2. The Labute approximate surface area is 281 Å². The van der Waals surface area contributed by atoms with Crippen LogP contribution >= 0.6 is 0 Å². The number of benzene rings is 1. The van der Waals surface area contributed by atoms with Crippen LogP contribution in [0.25, 0.3) is 0 Å². The van der Waals surface area contributed by atoms with Crippen LogP contribution in [0.15, 0.2) is 48.6 Å². The standard InChI is InChI=1S/C36H52F3NO8/c1-4-5-6-10-16-33(43)40-21-20-35(45)48-28(24-46-27-14-12-13-26(22-27)36(37,38)39)18-19-30-29(31(41)23-32(30)42)15-9-7-8-11-17-34(44)47-25(2)3/h7,9,12-14,18-19,22,25,28-32,41-42H,4-6,8,10-11,15-17,20-21,23-24H2,1-3H3,(H,40,43)/b9-7-,19-18+/t28-,29-,30-,31+,32-/m1/s1. The van der Waals surface area contributed by atoms with E-state index in [0.717, 1.165) is 37.8 Å². The Bertz CT molecular complexity index is 1190. The van der Waals surface area contributed by atoms with Gasteiger partial charge in [-0.05, 0) is 69.7 Å². The zero-order chi connectivity index (χ0) is 35.5. The molecule has 1 aliphatic carbocycles. The van der Waals surface area contributed by atoms with E-state index in [-0.39, 0.29) is 55.6 Å². The zero-order valence-corrected chi connectivity index (χ0v) is 28.3. The second-order valence-electron chi connectivity index (χ2n) is 12.4. The number of alkyl halides is 3. The lowest BCUT2D eigenvalue weighted by Crippen LogP contribution is -2.29. The van der Waals surface area contributed by atoms with E-state index in [4.69, 9.17) is 14.2 Å². The van der Waals surface area contributed by atoms with Gasteiger partial charge < -0.3 is 29.7 Å². The summed E-state index contributed by atoms with van der Waals surface area (Å²) < 4.78 is 55.9. The number of hydrogen-bond acceptors (Lipinski definition) is 8. The minimum absolute atomic E-state index is 0.0635. The molecule has 1 amide bonds. The van der Waals surface area contributed by atoms with Crippen molar-refractivity contribution in [1.29, 1.82) is 0 Å². The predicted molar refractivity (Wildman–Crippen MR) is 175 cm³/mol. The van der Waals surface area contributed by atoms with Gasteiger partial charge in [0.15, 0.2) is 6.10 Å². The highest BCUT2D eigenvalue weighted by atomic mass is 19.4. The first-order valence-corrected chi connectivity index (χ1v) is 16.9. The molecule has 1 saturated carbocycles. The van der Waals surface area contributed by atoms with Crippen LogP contribution in [-0.2, 0) is 30.0 Å². The number of esters is 2.